The Morgan fingerprint density at radius 1 is 0.970 bits per heavy atom. The highest BCUT2D eigenvalue weighted by Gasteiger charge is 2.13. The molecule has 4 aromatic carbocycles. The molecule has 0 atom stereocenters. The summed E-state index contributed by atoms with van der Waals surface area (Å²) in [5.74, 6) is -0.924. The number of amides is 1. The predicted molar refractivity (Wildman–Crippen MR) is 131 cm³/mol. The number of benzene rings is 4. The molecule has 0 aliphatic rings. The van der Waals surface area contributed by atoms with Crippen LogP contribution in [0.2, 0.25) is 0 Å². The lowest BCUT2D eigenvalue weighted by molar-refractivity contribution is 0.0734. The molecule has 4 aromatic rings. The first-order valence-corrected chi connectivity index (χ1v) is 10.8. The van der Waals surface area contributed by atoms with Crippen LogP contribution in [-0.2, 0) is 0 Å². The Bertz CT molecular complexity index is 1380. The van der Waals surface area contributed by atoms with E-state index < -0.39 is 11.9 Å². The number of aryl methyl sites for hydroxylation is 1. The fraction of sp³-hybridized carbons (Fsp3) is 0.0385. The molecule has 7 heteroatoms. The summed E-state index contributed by atoms with van der Waals surface area (Å²) in [4.78, 5) is 25.1. The first-order valence-electron chi connectivity index (χ1n) is 10.0. The number of hydrogen-bond donors (Lipinski definition) is 2. The van der Waals surface area contributed by atoms with Crippen LogP contribution in [0.3, 0.4) is 0 Å². The molecule has 0 saturated heterocycles. The standard InChI is InChI=1S/C26H19BrN2O4/c1-16-6-8-17(9-7-16)26(32)33-24-11-10-21(27)12-20(24)15-28-29-25(31)22-13-18-4-2-3-5-19(18)14-23(22)30/h2-15,30H,1H3,(H,29,31)/b28-15+. The van der Waals surface area contributed by atoms with Crippen molar-refractivity contribution in [2.24, 2.45) is 5.10 Å². The summed E-state index contributed by atoms with van der Waals surface area (Å²) >= 11 is 3.38. The number of phenols is 1. The molecular weight excluding hydrogens is 484 g/mol. The van der Waals surface area contributed by atoms with Gasteiger partial charge in [-0.1, -0.05) is 57.9 Å². The molecule has 0 saturated carbocycles. The molecule has 4 rings (SSSR count). The lowest BCUT2D eigenvalue weighted by atomic mass is 10.1. The van der Waals surface area contributed by atoms with Crippen molar-refractivity contribution in [2.45, 2.75) is 6.92 Å². The van der Waals surface area contributed by atoms with E-state index in [1.165, 1.54) is 12.3 Å². The first-order chi connectivity index (χ1) is 15.9. The number of esters is 1. The van der Waals surface area contributed by atoms with E-state index in [-0.39, 0.29) is 17.1 Å². The molecule has 33 heavy (non-hydrogen) atoms. The average Bonchev–Trinajstić information content (AvgIpc) is 2.80. The van der Waals surface area contributed by atoms with Crippen LogP contribution < -0.4 is 10.2 Å². The number of ether oxygens (including phenoxy) is 1. The van der Waals surface area contributed by atoms with Crippen LogP contribution in [0.5, 0.6) is 11.5 Å². The normalized spacial score (nSPS) is 11.0. The predicted octanol–water partition coefficient (Wildman–Crippen LogP) is 5.60. The average molecular weight is 503 g/mol. The number of rotatable bonds is 5. The Kier molecular flexibility index (Phi) is 6.51. The lowest BCUT2D eigenvalue weighted by Crippen LogP contribution is -2.18. The fourth-order valence-electron chi connectivity index (χ4n) is 3.19. The number of carbonyl (C=O) groups excluding carboxylic acids is 2. The van der Waals surface area contributed by atoms with E-state index in [4.69, 9.17) is 4.74 Å². The Hall–Kier alpha value is -3.97. The van der Waals surface area contributed by atoms with Gasteiger partial charge in [-0.3, -0.25) is 4.79 Å². The second kappa shape index (κ2) is 9.67. The number of halogens is 1. The molecule has 0 unspecified atom stereocenters. The molecule has 0 aromatic heterocycles. The molecule has 0 aliphatic heterocycles. The van der Waals surface area contributed by atoms with Crippen molar-refractivity contribution in [3.8, 4) is 11.5 Å². The highest BCUT2D eigenvalue weighted by molar-refractivity contribution is 9.10. The fourth-order valence-corrected chi connectivity index (χ4v) is 3.57. The zero-order valence-corrected chi connectivity index (χ0v) is 19.2. The van der Waals surface area contributed by atoms with E-state index in [9.17, 15) is 14.7 Å². The summed E-state index contributed by atoms with van der Waals surface area (Å²) in [6.07, 6.45) is 1.37. The van der Waals surface area contributed by atoms with Gasteiger partial charge in [-0.2, -0.15) is 5.10 Å². The number of fused-ring (bicyclic) bond motifs is 1. The molecule has 164 valence electrons. The summed E-state index contributed by atoms with van der Waals surface area (Å²) in [6, 6.07) is 22.7. The van der Waals surface area contributed by atoms with Gasteiger partial charge in [-0.25, -0.2) is 10.2 Å². The SMILES string of the molecule is Cc1ccc(C(=O)Oc2ccc(Br)cc2/C=N/NC(=O)c2cc3ccccc3cc2O)cc1. The third kappa shape index (κ3) is 5.27. The minimum absolute atomic E-state index is 0.103. The van der Waals surface area contributed by atoms with E-state index in [1.807, 2.05) is 43.3 Å². The molecule has 0 fully saturated rings. The van der Waals surface area contributed by atoms with Crippen LogP contribution in [-0.4, -0.2) is 23.2 Å². The lowest BCUT2D eigenvalue weighted by Gasteiger charge is -2.09. The third-order valence-corrected chi connectivity index (χ3v) is 5.43. The number of aromatic hydroxyl groups is 1. The summed E-state index contributed by atoms with van der Waals surface area (Å²) < 4.78 is 6.28. The van der Waals surface area contributed by atoms with Gasteiger partial charge < -0.3 is 9.84 Å². The molecule has 0 spiro atoms. The maximum Gasteiger partial charge on any atom is 0.343 e. The minimum atomic E-state index is -0.567. The number of nitrogens with one attached hydrogen (secondary N) is 1. The topological polar surface area (TPSA) is 88.0 Å². The molecule has 6 nitrogen and oxygen atoms in total. The quantitative estimate of drug-likeness (QED) is 0.161. The van der Waals surface area contributed by atoms with Crippen LogP contribution in [0.25, 0.3) is 10.8 Å². The number of hydrogen-bond acceptors (Lipinski definition) is 5. The Labute approximate surface area is 198 Å². The van der Waals surface area contributed by atoms with Crippen molar-refractivity contribution in [3.05, 3.63) is 106 Å². The van der Waals surface area contributed by atoms with E-state index >= 15 is 0 Å². The molecular formula is C26H19BrN2O4. The van der Waals surface area contributed by atoms with Gasteiger partial charge in [0.1, 0.15) is 11.5 Å². The third-order valence-electron chi connectivity index (χ3n) is 4.94. The van der Waals surface area contributed by atoms with Crippen molar-refractivity contribution < 1.29 is 19.4 Å². The van der Waals surface area contributed by atoms with E-state index in [2.05, 4.69) is 26.5 Å². The molecule has 0 radical (unpaired) electrons. The Morgan fingerprint density at radius 2 is 1.67 bits per heavy atom. The maximum atomic E-state index is 12.6. The molecule has 0 bridgehead atoms. The van der Waals surface area contributed by atoms with E-state index in [1.54, 1.807) is 36.4 Å². The van der Waals surface area contributed by atoms with Gasteiger partial charge in [0.25, 0.3) is 5.91 Å². The molecule has 2 N–H and O–H groups in total. The zero-order valence-electron chi connectivity index (χ0n) is 17.6. The van der Waals surface area contributed by atoms with Crippen molar-refractivity contribution in [3.63, 3.8) is 0 Å². The maximum absolute atomic E-state index is 12.6. The second-order valence-corrected chi connectivity index (χ2v) is 8.27. The second-order valence-electron chi connectivity index (χ2n) is 7.35. The minimum Gasteiger partial charge on any atom is -0.507 e. The smallest absolute Gasteiger partial charge is 0.343 e. The van der Waals surface area contributed by atoms with Crippen LogP contribution in [0, 0.1) is 6.92 Å². The highest BCUT2D eigenvalue weighted by atomic mass is 79.9. The van der Waals surface area contributed by atoms with Crippen LogP contribution >= 0.6 is 15.9 Å². The number of nitrogens with zero attached hydrogens (tertiary/aromatic N) is 1. The first kappa shape index (κ1) is 22.2. The van der Waals surface area contributed by atoms with Crippen molar-refractivity contribution in [1.82, 2.24) is 5.43 Å². The Morgan fingerprint density at radius 3 is 2.39 bits per heavy atom. The number of hydrazone groups is 1. The Balaban J connectivity index is 1.51. The van der Waals surface area contributed by atoms with Gasteiger partial charge in [-0.05, 0) is 60.2 Å². The monoisotopic (exact) mass is 502 g/mol. The van der Waals surface area contributed by atoms with Gasteiger partial charge in [-0.15, -0.1) is 0 Å². The summed E-state index contributed by atoms with van der Waals surface area (Å²) in [7, 11) is 0. The van der Waals surface area contributed by atoms with Crippen molar-refractivity contribution in [1.29, 1.82) is 0 Å². The summed E-state index contributed by atoms with van der Waals surface area (Å²) in [5.41, 5.74) is 4.45. The van der Waals surface area contributed by atoms with Gasteiger partial charge in [0, 0.05) is 10.0 Å². The van der Waals surface area contributed by atoms with Crippen LogP contribution in [0.4, 0.5) is 0 Å². The molecule has 0 heterocycles. The molecule has 0 aliphatic carbocycles. The van der Waals surface area contributed by atoms with E-state index in [0.717, 1.165) is 20.8 Å². The van der Waals surface area contributed by atoms with Crippen molar-refractivity contribution >= 4 is 44.8 Å². The number of phenolic OH excluding ortho intramolecular Hbond substituents is 1. The van der Waals surface area contributed by atoms with Gasteiger partial charge >= 0.3 is 5.97 Å². The number of carbonyl (C=O) groups is 2. The zero-order chi connectivity index (χ0) is 23.4. The van der Waals surface area contributed by atoms with Gasteiger partial charge in [0.2, 0.25) is 0 Å². The molecule has 1 amide bonds. The van der Waals surface area contributed by atoms with Gasteiger partial charge in [0.05, 0.1) is 17.3 Å². The summed E-state index contributed by atoms with van der Waals surface area (Å²) in [6.45, 7) is 1.93. The highest BCUT2D eigenvalue weighted by Crippen LogP contribution is 2.25. The van der Waals surface area contributed by atoms with Crippen LogP contribution in [0.1, 0.15) is 31.8 Å². The summed E-state index contributed by atoms with van der Waals surface area (Å²) in [5, 5.41) is 15.9. The largest absolute Gasteiger partial charge is 0.507 e. The van der Waals surface area contributed by atoms with Gasteiger partial charge in [0.15, 0.2) is 0 Å². The van der Waals surface area contributed by atoms with E-state index in [0.29, 0.717) is 11.1 Å². The van der Waals surface area contributed by atoms with Crippen molar-refractivity contribution in [2.75, 3.05) is 0 Å². The van der Waals surface area contributed by atoms with Crippen LogP contribution in [0.15, 0.2) is 88.4 Å².